The second-order valence-electron chi connectivity index (χ2n) is 6.43. The lowest BCUT2D eigenvalue weighted by molar-refractivity contribution is 0.102. The van der Waals surface area contributed by atoms with E-state index in [0.29, 0.717) is 22.8 Å². The summed E-state index contributed by atoms with van der Waals surface area (Å²) >= 11 is 6.39. The maximum absolute atomic E-state index is 12.3. The van der Waals surface area contributed by atoms with E-state index in [1.54, 1.807) is 18.2 Å². The molecule has 1 aromatic carbocycles. The number of aromatic nitrogens is 2. The summed E-state index contributed by atoms with van der Waals surface area (Å²) in [6.07, 6.45) is 2.48. The number of H-pyrrole nitrogens is 1. The minimum atomic E-state index is -0.194. The highest BCUT2D eigenvalue weighted by molar-refractivity contribution is 6.34. The molecule has 4 rings (SSSR count). The van der Waals surface area contributed by atoms with E-state index in [1.807, 2.05) is 32.2 Å². The molecule has 0 saturated carbocycles. The fourth-order valence-corrected chi connectivity index (χ4v) is 3.24. The average molecular weight is 365 g/mol. The standard InChI is InChI=1S/C20H17ClN4O/c1-11-7-13-8-18(25-19(13)22-10-11)15-9-14(4-5-16(15)21)24-20(26)17-6-3-12(2)23-17/h3-7,9-10,23H,8H2,1-2H3,(H,24,26). The Morgan fingerprint density at radius 2 is 2.04 bits per heavy atom. The number of fused-ring (bicyclic) bond motifs is 1. The molecule has 0 unspecified atom stereocenters. The number of aliphatic imine (C=N–C) groups is 1. The lowest BCUT2D eigenvalue weighted by atomic mass is 10.0. The molecular weight excluding hydrogens is 348 g/mol. The van der Waals surface area contributed by atoms with Crippen LogP contribution in [0.1, 0.15) is 32.9 Å². The molecule has 1 aliphatic rings. The minimum Gasteiger partial charge on any atom is -0.355 e. The first kappa shape index (κ1) is 16.5. The van der Waals surface area contributed by atoms with E-state index in [4.69, 9.17) is 11.6 Å². The highest BCUT2D eigenvalue weighted by atomic mass is 35.5. The summed E-state index contributed by atoms with van der Waals surface area (Å²) in [5.74, 6) is 0.540. The molecule has 0 radical (unpaired) electrons. The van der Waals surface area contributed by atoms with Crippen LogP contribution in [-0.4, -0.2) is 21.6 Å². The SMILES string of the molecule is Cc1cnc2c(c1)CC(c1cc(NC(=O)c3ccc(C)[nH]3)ccc1Cl)=N2. The summed E-state index contributed by atoms with van der Waals surface area (Å²) in [6, 6.07) is 11.1. The van der Waals surface area contributed by atoms with Gasteiger partial charge in [0.25, 0.3) is 5.91 Å². The zero-order chi connectivity index (χ0) is 18.3. The molecule has 2 N–H and O–H groups in total. The zero-order valence-corrected chi connectivity index (χ0v) is 15.2. The van der Waals surface area contributed by atoms with Crippen LogP contribution in [0, 0.1) is 13.8 Å². The van der Waals surface area contributed by atoms with Gasteiger partial charge in [-0.15, -0.1) is 0 Å². The highest BCUT2D eigenvalue weighted by Crippen LogP contribution is 2.31. The number of aromatic amines is 1. The molecule has 1 amide bonds. The predicted octanol–water partition coefficient (Wildman–Crippen LogP) is 4.61. The molecule has 0 saturated heterocycles. The summed E-state index contributed by atoms with van der Waals surface area (Å²) in [5.41, 5.74) is 5.99. The smallest absolute Gasteiger partial charge is 0.272 e. The lowest BCUT2D eigenvalue weighted by Gasteiger charge is -2.09. The maximum atomic E-state index is 12.3. The van der Waals surface area contributed by atoms with Crippen molar-refractivity contribution in [1.82, 2.24) is 9.97 Å². The number of nitrogens with zero attached hydrogens (tertiary/aromatic N) is 2. The van der Waals surface area contributed by atoms with Gasteiger partial charge in [0.15, 0.2) is 5.82 Å². The van der Waals surface area contributed by atoms with E-state index >= 15 is 0 Å². The molecule has 3 aromatic rings. The monoisotopic (exact) mass is 364 g/mol. The third kappa shape index (κ3) is 3.13. The van der Waals surface area contributed by atoms with Gasteiger partial charge < -0.3 is 10.3 Å². The number of benzene rings is 1. The topological polar surface area (TPSA) is 70.1 Å². The largest absolute Gasteiger partial charge is 0.355 e. The van der Waals surface area contributed by atoms with Crippen molar-refractivity contribution in [2.24, 2.45) is 4.99 Å². The van der Waals surface area contributed by atoms with Crippen LogP contribution >= 0.6 is 11.6 Å². The van der Waals surface area contributed by atoms with Gasteiger partial charge in [-0.05, 0) is 49.7 Å². The van der Waals surface area contributed by atoms with Crippen LogP contribution < -0.4 is 5.32 Å². The van der Waals surface area contributed by atoms with Crippen LogP contribution in [0.25, 0.3) is 0 Å². The number of hydrogen-bond acceptors (Lipinski definition) is 3. The van der Waals surface area contributed by atoms with Crippen molar-refractivity contribution in [2.75, 3.05) is 5.32 Å². The van der Waals surface area contributed by atoms with Gasteiger partial charge in [0.2, 0.25) is 0 Å². The molecule has 130 valence electrons. The third-order valence-corrected chi connectivity index (χ3v) is 4.62. The third-order valence-electron chi connectivity index (χ3n) is 4.29. The molecule has 3 heterocycles. The predicted molar refractivity (Wildman–Crippen MR) is 104 cm³/mol. The molecule has 1 aliphatic heterocycles. The number of amides is 1. The first-order valence-electron chi connectivity index (χ1n) is 8.29. The Kier molecular flexibility index (Phi) is 4.09. The van der Waals surface area contributed by atoms with E-state index in [0.717, 1.165) is 33.9 Å². The molecule has 0 aliphatic carbocycles. The molecule has 0 atom stereocenters. The second-order valence-corrected chi connectivity index (χ2v) is 6.84. The molecule has 26 heavy (non-hydrogen) atoms. The van der Waals surface area contributed by atoms with Crippen LogP contribution in [0.2, 0.25) is 5.02 Å². The quantitative estimate of drug-likeness (QED) is 0.712. The Bertz CT molecular complexity index is 1050. The first-order valence-corrected chi connectivity index (χ1v) is 8.67. The van der Waals surface area contributed by atoms with E-state index in [1.165, 1.54) is 0 Å². The van der Waals surface area contributed by atoms with Crippen LogP contribution in [0.3, 0.4) is 0 Å². The first-order chi connectivity index (χ1) is 12.5. The number of pyridine rings is 1. The summed E-state index contributed by atoms with van der Waals surface area (Å²) < 4.78 is 0. The Balaban J connectivity index is 1.60. The molecular formula is C20H17ClN4O. The average Bonchev–Trinajstić information content (AvgIpc) is 3.22. The number of halogens is 1. The molecule has 0 bridgehead atoms. The van der Waals surface area contributed by atoms with Crippen molar-refractivity contribution in [3.63, 3.8) is 0 Å². The summed E-state index contributed by atoms with van der Waals surface area (Å²) in [7, 11) is 0. The van der Waals surface area contributed by atoms with Gasteiger partial charge in [-0.2, -0.15) is 0 Å². The lowest BCUT2D eigenvalue weighted by Crippen LogP contribution is -2.13. The van der Waals surface area contributed by atoms with Crippen LogP contribution in [-0.2, 0) is 6.42 Å². The number of rotatable bonds is 3. The molecule has 0 fully saturated rings. The van der Waals surface area contributed by atoms with Gasteiger partial charge >= 0.3 is 0 Å². The Labute approximate surface area is 156 Å². The van der Waals surface area contributed by atoms with E-state index < -0.39 is 0 Å². The minimum absolute atomic E-state index is 0.194. The van der Waals surface area contributed by atoms with Crippen LogP contribution in [0.5, 0.6) is 0 Å². The van der Waals surface area contributed by atoms with Crippen LogP contribution in [0.4, 0.5) is 11.5 Å². The Morgan fingerprint density at radius 1 is 1.19 bits per heavy atom. The van der Waals surface area contributed by atoms with Crippen molar-refractivity contribution >= 4 is 34.7 Å². The number of anilines is 1. The molecule has 2 aromatic heterocycles. The normalized spacial score (nSPS) is 12.7. The summed E-state index contributed by atoms with van der Waals surface area (Å²) in [6.45, 7) is 3.92. The number of carbonyl (C=O) groups is 1. The Hall–Kier alpha value is -2.92. The maximum Gasteiger partial charge on any atom is 0.272 e. The van der Waals surface area contributed by atoms with E-state index in [9.17, 15) is 4.79 Å². The van der Waals surface area contributed by atoms with Gasteiger partial charge in [0.1, 0.15) is 5.69 Å². The zero-order valence-electron chi connectivity index (χ0n) is 14.4. The fourth-order valence-electron chi connectivity index (χ4n) is 3.02. The highest BCUT2D eigenvalue weighted by Gasteiger charge is 2.20. The number of nitrogens with one attached hydrogen (secondary N) is 2. The van der Waals surface area contributed by atoms with Gasteiger partial charge in [0, 0.05) is 40.1 Å². The fraction of sp³-hybridized carbons (Fsp3) is 0.150. The van der Waals surface area contributed by atoms with Crippen molar-refractivity contribution in [1.29, 1.82) is 0 Å². The summed E-state index contributed by atoms with van der Waals surface area (Å²) in [4.78, 5) is 24.3. The van der Waals surface area contributed by atoms with E-state index in [-0.39, 0.29) is 5.91 Å². The van der Waals surface area contributed by atoms with Gasteiger partial charge in [-0.3, -0.25) is 4.79 Å². The van der Waals surface area contributed by atoms with Crippen molar-refractivity contribution < 1.29 is 4.79 Å². The number of carbonyl (C=O) groups excluding carboxylic acids is 1. The number of hydrogen-bond donors (Lipinski definition) is 2. The molecule has 6 heteroatoms. The van der Waals surface area contributed by atoms with Crippen molar-refractivity contribution in [3.05, 3.63) is 75.7 Å². The van der Waals surface area contributed by atoms with Crippen molar-refractivity contribution in [3.8, 4) is 0 Å². The number of aryl methyl sites for hydroxylation is 2. The summed E-state index contributed by atoms with van der Waals surface area (Å²) in [5, 5.41) is 3.49. The van der Waals surface area contributed by atoms with E-state index in [2.05, 4.69) is 26.3 Å². The molecule has 0 spiro atoms. The van der Waals surface area contributed by atoms with Gasteiger partial charge in [-0.1, -0.05) is 17.7 Å². The second kappa shape index (κ2) is 6.42. The van der Waals surface area contributed by atoms with Gasteiger partial charge in [0.05, 0.1) is 5.71 Å². The van der Waals surface area contributed by atoms with Crippen molar-refractivity contribution in [2.45, 2.75) is 20.3 Å². The Morgan fingerprint density at radius 3 is 2.81 bits per heavy atom. The van der Waals surface area contributed by atoms with Gasteiger partial charge in [-0.25, -0.2) is 9.98 Å². The van der Waals surface area contributed by atoms with Crippen LogP contribution in [0.15, 0.2) is 47.6 Å². The molecule has 5 nitrogen and oxygen atoms in total.